The minimum atomic E-state index is 0. The maximum atomic E-state index is 2.24. The van der Waals surface area contributed by atoms with Crippen LogP contribution in [-0.4, -0.2) is 0 Å². The van der Waals surface area contributed by atoms with E-state index in [4.69, 9.17) is 0 Å². The van der Waals surface area contributed by atoms with Crippen molar-refractivity contribution in [2.75, 3.05) is 0 Å². The van der Waals surface area contributed by atoms with E-state index in [-0.39, 0.29) is 24.8 Å². The van der Waals surface area contributed by atoms with Gasteiger partial charge in [0, 0.05) is 0 Å². The zero-order chi connectivity index (χ0) is 9.54. The summed E-state index contributed by atoms with van der Waals surface area (Å²) < 4.78 is 1.51. The Balaban J connectivity index is 0.000000640. The van der Waals surface area contributed by atoms with Gasteiger partial charge in [0.2, 0.25) is 0 Å². The van der Waals surface area contributed by atoms with E-state index >= 15 is 0 Å². The summed E-state index contributed by atoms with van der Waals surface area (Å²) >= 11 is 1.52. The quantitative estimate of drug-likeness (QED) is 0.401. The van der Waals surface area contributed by atoms with Gasteiger partial charge in [-0.1, -0.05) is 0 Å². The van der Waals surface area contributed by atoms with Gasteiger partial charge in [0.1, 0.15) is 0 Å². The second kappa shape index (κ2) is 5.49. The number of benzene rings is 2. The molecule has 2 aromatic rings. The first kappa shape index (κ1) is 14.0. The number of hydrogen-bond donors (Lipinski definition) is 0. The van der Waals surface area contributed by atoms with Gasteiger partial charge in [-0.15, -0.1) is 0 Å². The predicted octanol–water partition coefficient (Wildman–Crippen LogP) is -3.56. The third-order valence-electron chi connectivity index (χ3n) is 2.85. The van der Waals surface area contributed by atoms with Gasteiger partial charge in [0.15, 0.2) is 0 Å². The second-order valence-electron chi connectivity index (χ2n) is 3.67. The SMILES string of the molecule is [Cl-].[Cl-].[Zr+2][c]1cccc2c1Cc1ccccc1-2. The Labute approximate surface area is 123 Å². The zero-order valence-electron chi connectivity index (χ0n) is 8.50. The summed E-state index contributed by atoms with van der Waals surface area (Å²) in [5.41, 5.74) is 5.92. The Morgan fingerprint density at radius 1 is 0.812 bits per heavy atom. The molecule has 0 atom stereocenters. The van der Waals surface area contributed by atoms with E-state index < -0.39 is 0 Å². The normalized spacial score (nSPS) is 10.9. The fraction of sp³-hybridized carbons (Fsp3) is 0.0769. The van der Waals surface area contributed by atoms with Crippen molar-refractivity contribution in [1.29, 1.82) is 0 Å². The summed E-state index contributed by atoms with van der Waals surface area (Å²) in [5, 5.41) is 0. The molecule has 0 nitrogen and oxygen atoms in total. The van der Waals surface area contributed by atoms with Gasteiger partial charge in [-0.3, -0.25) is 0 Å². The van der Waals surface area contributed by atoms with Crippen molar-refractivity contribution in [3.05, 3.63) is 53.6 Å². The van der Waals surface area contributed by atoms with Gasteiger partial charge >= 0.3 is 99.1 Å². The molecule has 0 unspecified atom stereocenters. The van der Waals surface area contributed by atoms with E-state index in [9.17, 15) is 0 Å². The molecule has 3 rings (SSSR count). The Morgan fingerprint density at radius 2 is 1.50 bits per heavy atom. The fourth-order valence-electron chi connectivity index (χ4n) is 2.16. The van der Waals surface area contributed by atoms with Crippen LogP contribution in [0.2, 0.25) is 0 Å². The maximum absolute atomic E-state index is 2.24. The first-order valence-electron chi connectivity index (χ1n) is 4.78. The Bertz CT molecular complexity index is 509. The third-order valence-corrected chi connectivity index (χ3v) is 4.00. The van der Waals surface area contributed by atoms with E-state index in [1.807, 2.05) is 0 Å². The standard InChI is InChI=1S/C13H9.2ClH.Zr/c1-3-7-12-10(5-1)9-11-6-2-4-8-13(11)12;;;/h1-5,7-8H,9H2;2*1H;/q;;;+2/p-2. The molecule has 0 amide bonds. The molecule has 0 saturated heterocycles. The first-order chi connectivity index (χ1) is 6.86. The average Bonchev–Trinajstić information content (AvgIpc) is 2.59. The van der Waals surface area contributed by atoms with E-state index in [0.29, 0.717) is 0 Å². The molecule has 1 aliphatic rings. The van der Waals surface area contributed by atoms with E-state index in [0.717, 1.165) is 6.42 Å². The molecule has 0 radical (unpaired) electrons. The number of hydrogen-bond acceptors (Lipinski definition) is 0. The van der Waals surface area contributed by atoms with E-state index in [1.54, 1.807) is 5.56 Å². The predicted molar refractivity (Wildman–Crippen MR) is 54.3 cm³/mol. The molecule has 2 aromatic carbocycles. The molecular weight excluding hydrogens is 318 g/mol. The molecule has 16 heavy (non-hydrogen) atoms. The minimum absolute atomic E-state index is 0. The molecular formula is C13H9Cl2Zr. The summed E-state index contributed by atoms with van der Waals surface area (Å²) in [6.07, 6.45) is 1.13. The van der Waals surface area contributed by atoms with Crippen molar-refractivity contribution in [2.45, 2.75) is 6.42 Å². The van der Waals surface area contributed by atoms with Crippen molar-refractivity contribution in [1.82, 2.24) is 0 Å². The Hall–Kier alpha value is -0.0969. The molecule has 0 spiro atoms. The van der Waals surface area contributed by atoms with Crippen LogP contribution in [-0.2, 0) is 31.1 Å². The van der Waals surface area contributed by atoms with Gasteiger partial charge in [-0.2, -0.15) is 0 Å². The molecule has 0 saturated carbocycles. The summed E-state index contributed by atoms with van der Waals surface area (Å²) in [5.74, 6) is 0. The fourth-order valence-corrected chi connectivity index (χ4v) is 2.94. The van der Waals surface area contributed by atoms with Crippen molar-refractivity contribution in [3.8, 4) is 11.1 Å². The molecule has 1 aliphatic carbocycles. The van der Waals surface area contributed by atoms with Gasteiger partial charge in [-0.25, -0.2) is 0 Å². The summed E-state index contributed by atoms with van der Waals surface area (Å²) in [6.45, 7) is 0. The van der Waals surface area contributed by atoms with Gasteiger partial charge in [0.25, 0.3) is 0 Å². The third kappa shape index (κ3) is 2.14. The van der Waals surface area contributed by atoms with Crippen molar-refractivity contribution in [3.63, 3.8) is 0 Å². The zero-order valence-corrected chi connectivity index (χ0v) is 12.5. The summed E-state index contributed by atoms with van der Waals surface area (Å²) in [6, 6.07) is 15.4. The van der Waals surface area contributed by atoms with Crippen LogP contribution in [0.4, 0.5) is 0 Å². The summed E-state index contributed by atoms with van der Waals surface area (Å²) in [4.78, 5) is 0. The molecule has 0 bridgehead atoms. The second-order valence-corrected chi connectivity index (χ2v) is 4.99. The van der Waals surface area contributed by atoms with Crippen LogP contribution in [0.15, 0.2) is 42.5 Å². The van der Waals surface area contributed by atoms with Crippen LogP contribution in [0.5, 0.6) is 0 Å². The van der Waals surface area contributed by atoms with Crippen molar-refractivity contribution >= 4 is 3.27 Å². The summed E-state index contributed by atoms with van der Waals surface area (Å²) in [7, 11) is 0. The van der Waals surface area contributed by atoms with Gasteiger partial charge in [0.05, 0.1) is 0 Å². The Morgan fingerprint density at radius 3 is 2.31 bits per heavy atom. The van der Waals surface area contributed by atoms with Crippen LogP contribution in [0.1, 0.15) is 11.1 Å². The van der Waals surface area contributed by atoms with E-state index in [2.05, 4.69) is 42.5 Å². The molecule has 79 valence electrons. The molecule has 0 heterocycles. The Kier molecular flexibility index (Phi) is 4.79. The van der Waals surface area contributed by atoms with E-state index in [1.165, 1.54) is 44.7 Å². The van der Waals surface area contributed by atoms with Crippen molar-refractivity contribution < 1.29 is 49.5 Å². The average molecular weight is 327 g/mol. The molecule has 0 aromatic heterocycles. The first-order valence-corrected chi connectivity index (χ1v) is 6.01. The van der Waals surface area contributed by atoms with Gasteiger partial charge in [-0.05, 0) is 0 Å². The number of fused-ring (bicyclic) bond motifs is 3. The van der Waals surface area contributed by atoms with Gasteiger partial charge < -0.3 is 24.8 Å². The van der Waals surface area contributed by atoms with Crippen LogP contribution in [0, 0.1) is 0 Å². The van der Waals surface area contributed by atoms with Crippen LogP contribution < -0.4 is 28.1 Å². The van der Waals surface area contributed by atoms with Crippen molar-refractivity contribution in [2.24, 2.45) is 0 Å². The molecule has 0 N–H and O–H groups in total. The number of halogens is 2. The molecule has 3 heteroatoms. The monoisotopic (exact) mass is 325 g/mol. The van der Waals surface area contributed by atoms with Crippen LogP contribution >= 0.6 is 0 Å². The number of rotatable bonds is 0. The van der Waals surface area contributed by atoms with Crippen LogP contribution in [0.25, 0.3) is 11.1 Å². The molecule has 0 aliphatic heterocycles. The topological polar surface area (TPSA) is 0 Å². The molecule has 0 fully saturated rings. The van der Waals surface area contributed by atoms with Crippen LogP contribution in [0.3, 0.4) is 0 Å².